The lowest BCUT2D eigenvalue weighted by molar-refractivity contribution is 0.283. The molecule has 0 rings (SSSR count). The maximum atomic E-state index is 8.92. The molecule has 0 aromatic rings. The number of nitrogens with two attached hydrogens (primary N) is 1. The Kier molecular flexibility index (Phi) is 7.41. The van der Waals surface area contributed by atoms with Crippen LogP contribution >= 0.6 is 0 Å². The standard InChI is InChI=1S/C14H29N3/c1-12(2)13(16)7-10-17(5)9-6-8-14(3,4)11-15/h12-13H,6-10,16H2,1-5H3. The molecular formula is C14H29N3. The molecule has 0 aromatic carbocycles. The van der Waals surface area contributed by atoms with Crippen molar-refractivity contribution in [1.82, 2.24) is 4.90 Å². The van der Waals surface area contributed by atoms with Gasteiger partial charge >= 0.3 is 0 Å². The summed E-state index contributed by atoms with van der Waals surface area (Å²) in [4.78, 5) is 2.32. The maximum absolute atomic E-state index is 8.92. The molecule has 0 aliphatic carbocycles. The molecule has 3 heteroatoms. The van der Waals surface area contributed by atoms with E-state index in [4.69, 9.17) is 11.0 Å². The summed E-state index contributed by atoms with van der Waals surface area (Å²) in [6.07, 6.45) is 3.09. The molecule has 0 bridgehead atoms. The summed E-state index contributed by atoms with van der Waals surface area (Å²) in [6, 6.07) is 2.64. The van der Waals surface area contributed by atoms with Gasteiger partial charge in [0.25, 0.3) is 0 Å². The predicted octanol–water partition coefficient (Wildman–Crippen LogP) is 2.62. The number of rotatable bonds is 8. The van der Waals surface area contributed by atoms with E-state index in [1.54, 1.807) is 0 Å². The van der Waals surface area contributed by atoms with E-state index in [1.807, 2.05) is 13.8 Å². The molecule has 2 N–H and O–H groups in total. The van der Waals surface area contributed by atoms with Gasteiger partial charge in [0.05, 0.1) is 11.5 Å². The highest BCUT2D eigenvalue weighted by Gasteiger charge is 2.16. The first-order chi connectivity index (χ1) is 7.78. The van der Waals surface area contributed by atoms with Crippen molar-refractivity contribution in [2.45, 2.75) is 53.0 Å². The Hall–Kier alpha value is -0.590. The highest BCUT2D eigenvalue weighted by molar-refractivity contribution is 4.91. The van der Waals surface area contributed by atoms with E-state index in [9.17, 15) is 0 Å². The van der Waals surface area contributed by atoms with Crippen molar-refractivity contribution in [3.05, 3.63) is 0 Å². The third kappa shape index (κ3) is 8.18. The Morgan fingerprint density at radius 1 is 1.29 bits per heavy atom. The van der Waals surface area contributed by atoms with Gasteiger partial charge in [-0.3, -0.25) is 0 Å². The molecule has 1 atom stereocenters. The predicted molar refractivity (Wildman–Crippen MR) is 73.6 cm³/mol. The number of nitriles is 1. The molecular weight excluding hydrogens is 210 g/mol. The van der Waals surface area contributed by atoms with Crippen molar-refractivity contribution in [2.24, 2.45) is 17.1 Å². The number of hydrogen-bond acceptors (Lipinski definition) is 3. The fourth-order valence-electron chi connectivity index (χ4n) is 1.66. The van der Waals surface area contributed by atoms with Gasteiger partial charge in [0.2, 0.25) is 0 Å². The van der Waals surface area contributed by atoms with E-state index in [-0.39, 0.29) is 5.41 Å². The highest BCUT2D eigenvalue weighted by Crippen LogP contribution is 2.20. The van der Waals surface area contributed by atoms with Gasteiger partial charge in [-0.25, -0.2) is 0 Å². The van der Waals surface area contributed by atoms with E-state index in [0.29, 0.717) is 12.0 Å². The molecule has 0 fully saturated rings. The summed E-state index contributed by atoms with van der Waals surface area (Å²) in [6.45, 7) is 10.4. The van der Waals surface area contributed by atoms with E-state index < -0.39 is 0 Å². The normalized spacial score (nSPS) is 14.1. The molecule has 0 saturated carbocycles. The first kappa shape index (κ1) is 16.4. The van der Waals surface area contributed by atoms with Crippen molar-refractivity contribution in [1.29, 1.82) is 5.26 Å². The molecule has 0 spiro atoms. The Morgan fingerprint density at radius 2 is 1.88 bits per heavy atom. The van der Waals surface area contributed by atoms with Crippen LogP contribution < -0.4 is 5.73 Å². The van der Waals surface area contributed by atoms with Gasteiger partial charge < -0.3 is 10.6 Å². The lowest BCUT2D eigenvalue weighted by Crippen LogP contribution is -2.32. The summed E-state index contributed by atoms with van der Waals surface area (Å²) in [7, 11) is 2.13. The second-order valence-electron chi connectivity index (χ2n) is 6.10. The minimum absolute atomic E-state index is 0.185. The van der Waals surface area contributed by atoms with Crippen LogP contribution in [0.15, 0.2) is 0 Å². The zero-order chi connectivity index (χ0) is 13.5. The summed E-state index contributed by atoms with van der Waals surface area (Å²) in [5, 5.41) is 8.92. The van der Waals surface area contributed by atoms with Gasteiger partial charge in [-0.1, -0.05) is 13.8 Å². The first-order valence-electron chi connectivity index (χ1n) is 6.64. The topological polar surface area (TPSA) is 53.0 Å². The molecule has 3 nitrogen and oxygen atoms in total. The smallest absolute Gasteiger partial charge is 0.0683 e. The van der Waals surface area contributed by atoms with Crippen molar-refractivity contribution in [3.63, 3.8) is 0 Å². The van der Waals surface area contributed by atoms with Gasteiger partial charge in [0, 0.05) is 6.04 Å². The molecule has 0 saturated heterocycles. The first-order valence-corrected chi connectivity index (χ1v) is 6.64. The van der Waals surface area contributed by atoms with Crippen molar-refractivity contribution < 1.29 is 0 Å². The second-order valence-corrected chi connectivity index (χ2v) is 6.10. The summed E-state index contributed by atoms with van der Waals surface area (Å²) in [5.74, 6) is 0.556. The largest absolute Gasteiger partial charge is 0.327 e. The van der Waals surface area contributed by atoms with Crippen molar-refractivity contribution in [3.8, 4) is 6.07 Å². The Bertz CT molecular complexity index is 240. The van der Waals surface area contributed by atoms with Crippen LogP contribution in [0.2, 0.25) is 0 Å². The SMILES string of the molecule is CC(C)C(N)CCN(C)CCCC(C)(C)C#N. The molecule has 0 radical (unpaired) electrons. The van der Waals surface area contributed by atoms with E-state index in [2.05, 4.69) is 31.9 Å². The maximum Gasteiger partial charge on any atom is 0.0683 e. The van der Waals surface area contributed by atoms with Crippen LogP contribution in [0, 0.1) is 22.7 Å². The number of hydrogen-bond donors (Lipinski definition) is 1. The van der Waals surface area contributed by atoms with Crippen LogP contribution in [0.1, 0.15) is 47.0 Å². The summed E-state index contributed by atoms with van der Waals surface area (Å²) < 4.78 is 0. The lowest BCUT2D eigenvalue weighted by atomic mass is 9.90. The minimum atomic E-state index is -0.185. The Morgan fingerprint density at radius 3 is 2.35 bits per heavy atom. The Labute approximate surface area is 107 Å². The third-order valence-corrected chi connectivity index (χ3v) is 3.34. The van der Waals surface area contributed by atoms with Crippen LogP contribution in [-0.2, 0) is 0 Å². The van der Waals surface area contributed by atoms with Gasteiger partial charge in [-0.05, 0) is 59.2 Å². The highest BCUT2D eigenvalue weighted by atomic mass is 15.1. The molecule has 100 valence electrons. The van der Waals surface area contributed by atoms with Gasteiger partial charge in [0.15, 0.2) is 0 Å². The number of nitrogens with zero attached hydrogens (tertiary/aromatic N) is 2. The molecule has 0 aliphatic rings. The quantitative estimate of drug-likeness (QED) is 0.708. The van der Waals surface area contributed by atoms with Crippen LogP contribution in [0.5, 0.6) is 0 Å². The molecule has 1 unspecified atom stereocenters. The van der Waals surface area contributed by atoms with Gasteiger partial charge in [-0.2, -0.15) is 5.26 Å². The van der Waals surface area contributed by atoms with Crippen molar-refractivity contribution in [2.75, 3.05) is 20.1 Å². The monoisotopic (exact) mass is 239 g/mol. The second kappa shape index (κ2) is 7.68. The molecule has 0 aliphatic heterocycles. The minimum Gasteiger partial charge on any atom is -0.327 e. The van der Waals surface area contributed by atoms with Crippen LogP contribution in [-0.4, -0.2) is 31.1 Å². The van der Waals surface area contributed by atoms with E-state index in [1.165, 1.54) is 0 Å². The van der Waals surface area contributed by atoms with Crippen molar-refractivity contribution >= 4 is 0 Å². The molecule has 0 amide bonds. The third-order valence-electron chi connectivity index (χ3n) is 3.34. The Balaban J connectivity index is 3.68. The zero-order valence-corrected chi connectivity index (χ0v) is 12.2. The fraction of sp³-hybridized carbons (Fsp3) is 0.929. The average molecular weight is 239 g/mol. The fourth-order valence-corrected chi connectivity index (χ4v) is 1.66. The molecule has 0 aromatic heterocycles. The van der Waals surface area contributed by atoms with E-state index >= 15 is 0 Å². The summed E-state index contributed by atoms with van der Waals surface area (Å²) >= 11 is 0. The average Bonchev–Trinajstić information content (AvgIpc) is 2.25. The zero-order valence-electron chi connectivity index (χ0n) is 12.2. The summed E-state index contributed by atoms with van der Waals surface area (Å²) in [5.41, 5.74) is 5.83. The lowest BCUT2D eigenvalue weighted by Gasteiger charge is -2.22. The van der Waals surface area contributed by atoms with Crippen LogP contribution in [0.3, 0.4) is 0 Å². The molecule has 17 heavy (non-hydrogen) atoms. The van der Waals surface area contributed by atoms with Gasteiger partial charge in [-0.15, -0.1) is 0 Å². The van der Waals surface area contributed by atoms with Crippen LogP contribution in [0.4, 0.5) is 0 Å². The van der Waals surface area contributed by atoms with E-state index in [0.717, 1.165) is 32.4 Å². The van der Waals surface area contributed by atoms with Gasteiger partial charge in [0.1, 0.15) is 0 Å². The van der Waals surface area contributed by atoms with Crippen LogP contribution in [0.25, 0.3) is 0 Å². The molecule has 0 heterocycles.